The van der Waals surface area contributed by atoms with Crippen LogP contribution in [0.15, 0.2) is 169 Å². The zero-order valence-corrected chi connectivity index (χ0v) is 34.1. The van der Waals surface area contributed by atoms with Gasteiger partial charge in [0.15, 0.2) is 0 Å². The van der Waals surface area contributed by atoms with Crippen molar-refractivity contribution in [3.8, 4) is 0 Å². The van der Waals surface area contributed by atoms with Gasteiger partial charge in [0.1, 0.15) is 0 Å². The molecule has 0 saturated heterocycles. The minimum Gasteiger partial charge on any atom is -0.337 e. The Bertz CT molecular complexity index is 2780. The fourth-order valence-electron chi connectivity index (χ4n) is 12.4. The molecule has 1 fully saturated rings. The Morgan fingerprint density at radius 2 is 1.64 bits per heavy atom. The average Bonchev–Trinajstić information content (AvgIpc) is 3.89. The van der Waals surface area contributed by atoms with E-state index in [4.69, 9.17) is 4.98 Å². The number of hydrogen-bond donors (Lipinski definition) is 0. The second-order valence-electron chi connectivity index (χ2n) is 18.5. The minimum absolute atomic E-state index is 0.165. The first-order valence-electron chi connectivity index (χ1n) is 22.1. The van der Waals surface area contributed by atoms with Crippen molar-refractivity contribution < 1.29 is 0 Å². The van der Waals surface area contributed by atoms with E-state index in [9.17, 15) is 0 Å². The molecule has 3 heteroatoms. The van der Waals surface area contributed by atoms with Crippen molar-refractivity contribution in [3.63, 3.8) is 0 Å². The van der Waals surface area contributed by atoms with Crippen LogP contribution in [0.2, 0.25) is 0 Å². The number of anilines is 1. The minimum atomic E-state index is 0.165. The van der Waals surface area contributed by atoms with Gasteiger partial charge in [0, 0.05) is 40.1 Å². The molecule has 3 aromatic carbocycles. The normalized spacial score (nSPS) is 27.2. The molecular weight excluding hydrogens is 715 g/mol. The largest absolute Gasteiger partial charge is 0.337 e. The van der Waals surface area contributed by atoms with Crippen molar-refractivity contribution >= 4 is 39.4 Å². The SMILES string of the molecule is CC1(C)C2=CC=C(N3c4ccccc4C4C=C(c5ccc6c(c5)c5c(n6C6C=C(c7ccccn7)C=C(c7ccccc7)C6)C=CCC5)C=CC43)CC2C2CCC=CC21. The lowest BCUT2D eigenvalue weighted by molar-refractivity contribution is 0.258. The van der Waals surface area contributed by atoms with Crippen molar-refractivity contribution in [2.45, 2.75) is 70.4 Å². The summed E-state index contributed by atoms with van der Waals surface area (Å²) in [5.74, 6) is 2.34. The van der Waals surface area contributed by atoms with E-state index in [1.165, 1.54) is 79.8 Å². The van der Waals surface area contributed by atoms with Crippen molar-refractivity contribution in [1.82, 2.24) is 9.55 Å². The fourth-order valence-corrected chi connectivity index (χ4v) is 12.4. The zero-order chi connectivity index (χ0) is 39.2. The Labute approximate surface area is 348 Å². The zero-order valence-electron chi connectivity index (χ0n) is 34.1. The number of para-hydroxylation sites is 1. The van der Waals surface area contributed by atoms with Gasteiger partial charge in [0.05, 0.1) is 17.8 Å². The Morgan fingerprint density at radius 1 is 0.763 bits per heavy atom. The maximum atomic E-state index is 4.80. The number of aryl methyl sites for hydroxylation is 1. The van der Waals surface area contributed by atoms with Gasteiger partial charge in [0.2, 0.25) is 0 Å². The van der Waals surface area contributed by atoms with E-state index in [-0.39, 0.29) is 17.5 Å². The van der Waals surface area contributed by atoms with Gasteiger partial charge in [-0.3, -0.25) is 4.98 Å². The van der Waals surface area contributed by atoms with Crippen LogP contribution in [-0.4, -0.2) is 15.6 Å². The Kier molecular flexibility index (Phi) is 8.06. The molecule has 0 N–H and O–H groups in total. The molecule has 2 aromatic heterocycles. The molecule has 7 aliphatic rings. The second kappa shape index (κ2) is 13.6. The number of benzene rings is 3. The molecule has 6 atom stereocenters. The van der Waals surface area contributed by atoms with E-state index in [1.54, 1.807) is 5.57 Å². The third kappa shape index (κ3) is 5.50. The molecule has 6 unspecified atom stereocenters. The first kappa shape index (κ1) is 35.1. The van der Waals surface area contributed by atoms with Gasteiger partial charge in [-0.1, -0.05) is 129 Å². The maximum Gasteiger partial charge on any atom is 0.0699 e. The highest BCUT2D eigenvalue weighted by atomic mass is 15.2. The second-order valence-corrected chi connectivity index (χ2v) is 18.5. The van der Waals surface area contributed by atoms with Crippen LogP contribution < -0.4 is 4.90 Å². The van der Waals surface area contributed by atoms with Crippen LogP contribution in [-0.2, 0) is 6.42 Å². The van der Waals surface area contributed by atoms with Crippen LogP contribution >= 0.6 is 0 Å². The molecule has 3 nitrogen and oxygen atoms in total. The smallest absolute Gasteiger partial charge is 0.0699 e. The first-order valence-corrected chi connectivity index (χ1v) is 22.1. The van der Waals surface area contributed by atoms with Crippen LogP contribution in [0.5, 0.6) is 0 Å². The molecule has 6 aliphatic carbocycles. The average molecular weight is 766 g/mol. The van der Waals surface area contributed by atoms with Gasteiger partial charge in [-0.2, -0.15) is 0 Å². The van der Waals surface area contributed by atoms with Gasteiger partial charge >= 0.3 is 0 Å². The highest BCUT2D eigenvalue weighted by molar-refractivity contribution is 5.94. The third-order valence-corrected chi connectivity index (χ3v) is 15.1. The van der Waals surface area contributed by atoms with Crippen LogP contribution in [0.4, 0.5) is 5.69 Å². The molecule has 59 heavy (non-hydrogen) atoms. The number of pyridine rings is 1. The molecule has 0 spiro atoms. The highest BCUT2D eigenvalue weighted by Crippen LogP contribution is 2.61. The Hall–Kier alpha value is -5.93. The monoisotopic (exact) mass is 765 g/mol. The Balaban J connectivity index is 0.905. The summed E-state index contributed by atoms with van der Waals surface area (Å²) in [4.78, 5) is 7.51. The summed E-state index contributed by atoms with van der Waals surface area (Å²) in [5.41, 5.74) is 17.9. The van der Waals surface area contributed by atoms with Crippen LogP contribution in [0, 0.1) is 23.2 Å². The number of aromatic nitrogens is 2. The maximum absolute atomic E-state index is 4.80. The quantitative estimate of drug-likeness (QED) is 0.166. The topological polar surface area (TPSA) is 21.1 Å². The first-order chi connectivity index (χ1) is 29.0. The summed E-state index contributed by atoms with van der Waals surface area (Å²) in [5, 5.41) is 1.39. The molecule has 1 aliphatic heterocycles. The summed E-state index contributed by atoms with van der Waals surface area (Å²) < 4.78 is 2.63. The molecule has 290 valence electrons. The number of fused-ring (bicyclic) bond motifs is 9. The van der Waals surface area contributed by atoms with Crippen LogP contribution in [0.1, 0.15) is 91.6 Å². The number of rotatable bonds is 5. The van der Waals surface area contributed by atoms with Crippen molar-refractivity contribution in [3.05, 3.63) is 203 Å². The fraction of sp³-hybridized carbons (Fsp3) is 0.268. The van der Waals surface area contributed by atoms with Gasteiger partial charge in [-0.15, -0.1) is 0 Å². The summed E-state index contributed by atoms with van der Waals surface area (Å²) in [6.07, 6.45) is 35.8. The molecule has 3 heterocycles. The molecule has 0 amide bonds. The van der Waals surface area contributed by atoms with Gasteiger partial charge in [-0.05, 0) is 149 Å². The number of nitrogens with zero attached hydrogens (tertiary/aromatic N) is 3. The lowest BCUT2D eigenvalue weighted by atomic mass is 9.74. The van der Waals surface area contributed by atoms with Crippen LogP contribution in [0.25, 0.3) is 33.7 Å². The summed E-state index contributed by atoms with van der Waals surface area (Å²) >= 11 is 0. The lowest BCUT2D eigenvalue weighted by Gasteiger charge is -2.36. The van der Waals surface area contributed by atoms with Crippen molar-refractivity contribution in [1.29, 1.82) is 0 Å². The van der Waals surface area contributed by atoms with E-state index in [1.807, 2.05) is 12.3 Å². The predicted octanol–water partition coefficient (Wildman–Crippen LogP) is 13.5. The van der Waals surface area contributed by atoms with Crippen molar-refractivity contribution in [2.75, 3.05) is 4.90 Å². The summed E-state index contributed by atoms with van der Waals surface area (Å²) in [6.45, 7) is 4.99. The molecule has 0 radical (unpaired) electrons. The summed E-state index contributed by atoms with van der Waals surface area (Å²) in [6, 6.07) is 34.1. The molecular formula is C56H51N3. The van der Waals surface area contributed by atoms with E-state index < -0.39 is 0 Å². The molecule has 1 saturated carbocycles. The summed E-state index contributed by atoms with van der Waals surface area (Å²) in [7, 11) is 0. The van der Waals surface area contributed by atoms with Gasteiger partial charge < -0.3 is 9.47 Å². The highest BCUT2D eigenvalue weighted by Gasteiger charge is 2.52. The van der Waals surface area contributed by atoms with Crippen molar-refractivity contribution in [2.24, 2.45) is 23.2 Å². The van der Waals surface area contributed by atoms with Gasteiger partial charge in [-0.25, -0.2) is 0 Å². The van der Waals surface area contributed by atoms with Crippen LogP contribution in [0.3, 0.4) is 0 Å². The third-order valence-electron chi connectivity index (χ3n) is 15.1. The predicted molar refractivity (Wildman–Crippen MR) is 246 cm³/mol. The number of hydrogen-bond acceptors (Lipinski definition) is 2. The molecule has 0 bridgehead atoms. The molecule has 5 aromatic rings. The van der Waals surface area contributed by atoms with E-state index in [0.29, 0.717) is 17.8 Å². The lowest BCUT2D eigenvalue weighted by Crippen LogP contribution is -2.34. The van der Waals surface area contributed by atoms with E-state index in [0.717, 1.165) is 37.3 Å². The molecule has 12 rings (SSSR count). The standard InChI is InChI=1S/C56H51N3/c1-56(2)49-19-9-6-16-43(49)46-35-41(25-26-50(46)56)58-52-21-10-7-17-44(52)47-33-37(23-27-54(47)58)38-24-28-55-48(34-38)45-18-8-11-22-53(45)59(55)42-31-39(36-14-4-3-5-15-36)30-40(32-42)51-20-12-13-29-57-51/h3-5,7,9-15,17,19-30,32-34,42-43,46-47,49,54H,6,8,16,18,31,35H2,1-2H3. The number of allylic oxidation sites excluding steroid dienone is 13. The Morgan fingerprint density at radius 3 is 2.54 bits per heavy atom. The van der Waals surface area contributed by atoms with E-state index >= 15 is 0 Å². The van der Waals surface area contributed by atoms with Gasteiger partial charge in [0.25, 0.3) is 0 Å². The van der Waals surface area contributed by atoms with E-state index in [2.05, 4.69) is 175 Å².